The minimum absolute atomic E-state index is 0. The molecule has 1 aliphatic rings. The van der Waals surface area contributed by atoms with Gasteiger partial charge < -0.3 is 6.08 Å². The van der Waals surface area contributed by atoms with E-state index in [0.717, 1.165) is 6.42 Å². The van der Waals surface area contributed by atoms with Crippen LogP contribution in [0, 0.1) is 18.2 Å². The van der Waals surface area contributed by atoms with Crippen molar-refractivity contribution in [1.82, 2.24) is 0 Å². The zero-order chi connectivity index (χ0) is 14.1. The second-order valence-corrected chi connectivity index (χ2v) is 4.15. The summed E-state index contributed by atoms with van der Waals surface area (Å²) in [5, 5.41) is 0. The van der Waals surface area contributed by atoms with E-state index < -0.39 is 0 Å². The van der Waals surface area contributed by atoms with Gasteiger partial charge >= 0.3 is 0 Å². The third kappa shape index (κ3) is 14.8. The Hall–Kier alpha value is -1.39. The Labute approximate surface area is 143 Å². The average molecular weight is 456 g/mol. The van der Waals surface area contributed by atoms with Crippen molar-refractivity contribution < 1.29 is 21.1 Å². The summed E-state index contributed by atoms with van der Waals surface area (Å²) in [6.45, 7) is 0. The van der Waals surface area contributed by atoms with E-state index >= 15 is 0 Å². The summed E-state index contributed by atoms with van der Waals surface area (Å²) in [6, 6.07) is 25.0. The molecule has 2 aromatic rings. The van der Waals surface area contributed by atoms with E-state index in [1.165, 1.54) is 19.3 Å². The van der Waals surface area contributed by atoms with Crippen LogP contribution in [0.2, 0.25) is 0 Å². The zero-order valence-electron chi connectivity index (χ0n) is 12.2. The van der Waals surface area contributed by atoms with E-state index in [1.54, 1.807) is 0 Å². The Balaban J connectivity index is 0.000000283. The van der Waals surface area contributed by atoms with Crippen LogP contribution in [0.1, 0.15) is 25.7 Å². The van der Waals surface area contributed by atoms with Gasteiger partial charge in [-0.15, -0.1) is 0 Å². The van der Waals surface area contributed by atoms with Crippen LogP contribution in [0.15, 0.2) is 78.9 Å². The van der Waals surface area contributed by atoms with Crippen molar-refractivity contribution >= 4 is 0 Å². The standard InChI is InChI=1S/C8H11.2C6H5.Pt/c1-2-4-6-8-7-5-3-1;2*1-2-4-6-5-3-1;/h1-2,7H,3-6H2;2*1-5H;/q3*-1;. The molecule has 3 rings (SSSR count). The van der Waals surface area contributed by atoms with Gasteiger partial charge in [0, 0.05) is 21.1 Å². The first-order valence-corrected chi connectivity index (χ1v) is 7.02. The van der Waals surface area contributed by atoms with Gasteiger partial charge in [0.15, 0.2) is 0 Å². The summed E-state index contributed by atoms with van der Waals surface area (Å²) in [6.07, 6.45) is 14.5. The maximum absolute atomic E-state index is 3.21. The number of allylic oxidation sites excluding steroid dienone is 4. The van der Waals surface area contributed by atoms with Gasteiger partial charge in [-0.3, -0.25) is 6.08 Å². The molecule has 0 aliphatic heterocycles. The third-order valence-electron chi connectivity index (χ3n) is 2.46. The Morgan fingerprint density at radius 2 is 1.10 bits per heavy atom. The fourth-order valence-electron chi connectivity index (χ4n) is 1.47. The molecule has 0 saturated carbocycles. The van der Waals surface area contributed by atoms with Crippen molar-refractivity contribution in [2.45, 2.75) is 25.7 Å². The minimum Gasteiger partial charge on any atom is -0.500 e. The first-order chi connectivity index (χ1) is 10.0. The SMILES string of the molecule is [C-]1=CCCC=CCC1.[Pt].[c-]1ccccc1.[c-]1ccccc1. The predicted molar refractivity (Wildman–Crippen MR) is 86.0 cm³/mol. The molecule has 0 N–H and O–H groups in total. The smallest absolute Gasteiger partial charge is 0 e. The summed E-state index contributed by atoms with van der Waals surface area (Å²) >= 11 is 0. The third-order valence-corrected chi connectivity index (χ3v) is 2.46. The minimum atomic E-state index is 0. The van der Waals surface area contributed by atoms with E-state index in [4.69, 9.17) is 0 Å². The van der Waals surface area contributed by atoms with Gasteiger partial charge in [-0.1, -0.05) is 25.0 Å². The number of hydrogen-bond donors (Lipinski definition) is 0. The van der Waals surface area contributed by atoms with E-state index in [-0.39, 0.29) is 21.1 Å². The maximum Gasteiger partial charge on any atom is 0 e. The van der Waals surface area contributed by atoms with Gasteiger partial charge in [0.05, 0.1) is 0 Å². The topological polar surface area (TPSA) is 0 Å². The fourth-order valence-corrected chi connectivity index (χ4v) is 1.47. The molecule has 2 aromatic carbocycles. The Bertz CT molecular complexity index is 335. The Morgan fingerprint density at radius 1 is 0.571 bits per heavy atom. The molecule has 0 amide bonds. The molecule has 1 aliphatic carbocycles. The second-order valence-electron chi connectivity index (χ2n) is 4.15. The van der Waals surface area contributed by atoms with Crippen LogP contribution in [0.4, 0.5) is 0 Å². The van der Waals surface area contributed by atoms with Crippen LogP contribution >= 0.6 is 0 Å². The summed E-state index contributed by atoms with van der Waals surface area (Å²) in [5.41, 5.74) is 0. The first kappa shape index (κ1) is 19.6. The molecule has 1 heteroatoms. The first-order valence-electron chi connectivity index (χ1n) is 7.02. The van der Waals surface area contributed by atoms with Crippen LogP contribution in [0.5, 0.6) is 0 Å². The van der Waals surface area contributed by atoms with Crippen LogP contribution in [-0.4, -0.2) is 0 Å². The molecule has 0 radical (unpaired) electrons. The van der Waals surface area contributed by atoms with Gasteiger partial charge in [0.1, 0.15) is 0 Å². The van der Waals surface area contributed by atoms with Crippen molar-refractivity contribution in [2.24, 2.45) is 0 Å². The van der Waals surface area contributed by atoms with Gasteiger partial charge in [0.25, 0.3) is 0 Å². The van der Waals surface area contributed by atoms with Gasteiger partial charge in [-0.05, 0) is 6.42 Å². The second kappa shape index (κ2) is 16.7. The van der Waals surface area contributed by atoms with E-state index in [2.05, 4.69) is 36.4 Å². The zero-order valence-corrected chi connectivity index (χ0v) is 14.4. The Morgan fingerprint density at radius 3 is 1.52 bits per heavy atom. The number of hydrogen-bond acceptors (Lipinski definition) is 0. The van der Waals surface area contributed by atoms with Crippen LogP contribution in [0.3, 0.4) is 0 Å². The molecule has 0 aromatic heterocycles. The Kier molecular flexibility index (Phi) is 15.6. The fraction of sp³-hybridized carbons (Fsp3) is 0.200. The predicted octanol–water partition coefficient (Wildman–Crippen LogP) is 5.45. The van der Waals surface area contributed by atoms with E-state index in [9.17, 15) is 0 Å². The van der Waals surface area contributed by atoms with E-state index in [0.29, 0.717) is 0 Å². The molecule has 114 valence electrons. The monoisotopic (exact) mass is 456 g/mol. The van der Waals surface area contributed by atoms with Crippen LogP contribution < -0.4 is 0 Å². The van der Waals surface area contributed by atoms with Crippen molar-refractivity contribution in [3.05, 3.63) is 97.1 Å². The summed E-state index contributed by atoms with van der Waals surface area (Å²) in [7, 11) is 0. The van der Waals surface area contributed by atoms with Crippen molar-refractivity contribution in [3.63, 3.8) is 0 Å². The average Bonchev–Trinajstić information content (AvgIpc) is 2.51. The molecule has 21 heavy (non-hydrogen) atoms. The summed E-state index contributed by atoms with van der Waals surface area (Å²) < 4.78 is 0. The van der Waals surface area contributed by atoms with Crippen LogP contribution in [0.25, 0.3) is 0 Å². The van der Waals surface area contributed by atoms with E-state index in [1.807, 2.05) is 60.7 Å². The molecule has 0 unspecified atom stereocenters. The molecule has 0 heterocycles. The molecule has 0 saturated heterocycles. The molecule has 0 atom stereocenters. The summed E-state index contributed by atoms with van der Waals surface area (Å²) in [5.74, 6) is 0. The molecular weight excluding hydrogens is 435 g/mol. The van der Waals surface area contributed by atoms with Crippen molar-refractivity contribution in [2.75, 3.05) is 0 Å². The molecule has 0 spiro atoms. The van der Waals surface area contributed by atoms with Gasteiger partial charge in [-0.25, -0.2) is 0 Å². The van der Waals surface area contributed by atoms with Gasteiger partial charge in [0.2, 0.25) is 0 Å². The van der Waals surface area contributed by atoms with Crippen LogP contribution in [-0.2, 0) is 21.1 Å². The quantitative estimate of drug-likeness (QED) is 0.366. The molecule has 0 fully saturated rings. The number of rotatable bonds is 0. The largest absolute Gasteiger partial charge is 0.500 e. The van der Waals surface area contributed by atoms with Crippen molar-refractivity contribution in [1.29, 1.82) is 0 Å². The van der Waals surface area contributed by atoms with Crippen molar-refractivity contribution in [3.8, 4) is 0 Å². The van der Waals surface area contributed by atoms with Gasteiger partial charge in [-0.2, -0.15) is 79.2 Å². The molecule has 0 bridgehead atoms. The molecular formula is C20H21Pt-3. The molecule has 0 nitrogen and oxygen atoms in total. The normalized spacial score (nSPS) is 12.2. The summed E-state index contributed by atoms with van der Waals surface area (Å²) in [4.78, 5) is 0. The maximum atomic E-state index is 3.21. The number of benzene rings is 2.